The van der Waals surface area contributed by atoms with E-state index >= 15 is 0 Å². The molecule has 1 saturated heterocycles. The van der Waals surface area contributed by atoms with Crippen molar-refractivity contribution in [2.75, 3.05) is 19.1 Å². The molecule has 0 aromatic heterocycles. The summed E-state index contributed by atoms with van der Waals surface area (Å²) < 4.78 is 10.6. The Morgan fingerprint density at radius 3 is 2.39 bits per heavy atom. The quantitative estimate of drug-likeness (QED) is 0.762. The fourth-order valence-corrected chi connectivity index (χ4v) is 3.71. The summed E-state index contributed by atoms with van der Waals surface area (Å²) in [6.07, 6.45) is -0.948. The predicted octanol–water partition coefficient (Wildman–Crippen LogP) is 2.61. The maximum absolute atomic E-state index is 13.2. The molecular weight excluding hydrogens is 360 g/mol. The van der Waals surface area contributed by atoms with Crippen LogP contribution in [0.15, 0.2) is 41.6 Å². The van der Waals surface area contributed by atoms with Crippen molar-refractivity contribution in [1.82, 2.24) is 0 Å². The Morgan fingerprint density at radius 2 is 1.71 bits per heavy atom. The highest BCUT2D eigenvalue weighted by Crippen LogP contribution is 2.38. The lowest BCUT2D eigenvalue weighted by Crippen LogP contribution is -2.33. The standard InChI is InChI=1S/C21H20N2O5/c1-11-5-7-14(12(2)9-11)23-20(24)17-18(22-28-19(17)21(23)25)13-6-8-15(26-3)16(10-13)27-4/h5-10,17,19H,1-4H3/t17-,19-/m1/s1. The summed E-state index contributed by atoms with van der Waals surface area (Å²) in [6, 6.07) is 10.8. The summed E-state index contributed by atoms with van der Waals surface area (Å²) in [4.78, 5) is 32.7. The summed E-state index contributed by atoms with van der Waals surface area (Å²) in [5.74, 6) is -0.456. The van der Waals surface area contributed by atoms with Gasteiger partial charge >= 0.3 is 0 Å². The molecule has 0 spiro atoms. The van der Waals surface area contributed by atoms with Crippen LogP contribution in [0, 0.1) is 19.8 Å². The van der Waals surface area contributed by atoms with Crippen molar-refractivity contribution < 1.29 is 23.9 Å². The number of ether oxygens (including phenoxy) is 2. The van der Waals surface area contributed by atoms with Gasteiger partial charge in [0.2, 0.25) is 12.0 Å². The van der Waals surface area contributed by atoms with Gasteiger partial charge in [-0.1, -0.05) is 22.9 Å². The van der Waals surface area contributed by atoms with Crippen LogP contribution in [0.25, 0.3) is 0 Å². The van der Waals surface area contributed by atoms with E-state index in [4.69, 9.17) is 14.3 Å². The number of anilines is 1. The van der Waals surface area contributed by atoms with Crippen LogP contribution in [-0.2, 0) is 14.4 Å². The van der Waals surface area contributed by atoms with Crippen molar-refractivity contribution in [3.8, 4) is 11.5 Å². The third kappa shape index (κ3) is 2.62. The second-order valence-electron chi connectivity index (χ2n) is 6.85. The van der Waals surface area contributed by atoms with Crippen molar-refractivity contribution in [3.63, 3.8) is 0 Å². The van der Waals surface area contributed by atoms with E-state index in [2.05, 4.69) is 5.16 Å². The van der Waals surface area contributed by atoms with Gasteiger partial charge < -0.3 is 14.3 Å². The van der Waals surface area contributed by atoms with Gasteiger partial charge in [-0.2, -0.15) is 0 Å². The van der Waals surface area contributed by atoms with Gasteiger partial charge in [0.1, 0.15) is 11.6 Å². The van der Waals surface area contributed by atoms with E-state index in [0.717, 1.165) is 11.1 Å². The first-order chi connectivity index (χ1) is 13.5. The van der Waals surface area contributed by atoms with Crippen LogP contribution >= 0.6 is 0 Å². The van der Waals surface area contributed by atoms with E-state index in [0.29, 0.717) is 28.5 Å². The molecule has 144 valence electrons. The lowest BCUT2D eigenvalue weighted by molar-refractivity contribution is -0.126. The lowest BCUT2D eigenvalue weighted by Gasteiger charge is -2.18. The van der Waals surface area contributed by atoms with Gasteiger partial charge in [-0.15, -0.1) is 0 Å². The second kappa shape index (κ2) is 6.67. The first kappa shape index (κ1) is 18.0. The van der Waals surface area contributed by atoms with Crippen LogP contribution in [0.4, 0.5) is 5.69 Å². The molecule has 4 rings (SSSR count). The predicted molar refractivity (Wildman–Crippen MR) is 103 cm³/mol. The Morgan fingerprint density at radius 1 is 0.964 bits per heavy atom. The molecule has 28 heavy (non-hydrogen) atoms. The largest absolute Gasteiger partial charge is 0.493 e. The highest BCUT2D eigenvalue weighted by Gasteiger charge is 2.56. The number of carbonyl (C=O) groups excluding carboxylic acids is 2. The number of hydrogen-bond acceptors (Lipinski definition) is 6. The molecule has 0 unspecified atom stereocenters. The Hall–Kier alpha value is -3.35. The van der Waals surface area contributed by atoms with E-state index < -0.39 is 17.9 Å². The van der Waals surface area contributed by atoms with Crippen molar-refractivity contribution in [3.05, 3.63) is 53.1 Å². The Labute approximate surface area is 162 Å². The van der Waals surface area contributed by atoms with Crippen molar-refractivity contribution >= 4 is 23.2 Å². The first-order valence-electron chi connectivity index (χ1n) is 8.87. The maximum atomic E-state index is 13.2. The van der Waals surface area contributed by atoms with Crippen LogP contribution in [0.3, 0.4) is 0 Å². The summed E-state index contributed by atoms with van der Waals surface area (Å²) in [7, 11) is 3.08. The number of oxime groups is 1. The highest BCUT2D eigenvalue weighted by molar-refractivity contribution is 6.32. The monoisotopic (exact) mass is 380 g/mol. The molecule has 0 saturated carbocycles. The number of nitrogens with zero attached hydrogens (tertiary/aromatic N) is 2. The van der Waals surface area contributed by atoms with E-state index in [1.54, 1.807) is 31.4 Å². The van der Waals surface area contributed by atoms with E-state index in [1.165, 1.54) is 12.0 Å². The van der Waals surface area contributed by atoms with Gasteiger partial charge in [0.15, 0.2) is 11.5 Å². The number of benzene rings is 2. The van der Waals surface area contributed by atoms with Crippen LogP contribution < -0.4 is 14.4 Å². The second-order valence-corrected chi connectivity index (χ2v) is 6.85. The maximum Gasteiger partial charge on any atom is 0.278 e. The van der Waals surface area contributed by atoms with E-state index in [-0.39, 0.29) is 5.91 Å². The number of hydrogen-bond donors (Lipinski definition) is 0. The number of aryl methyl sites for hydroxylation is 2. The first-order valence-corrected chi connectivity index (χ1v) is 8.87. The van der Waals surface area contributed by atoms with Gasteiger partial charge in [-0.25, -0.2) is 4.90 Å². The minimum Gasteiger partial charge on any atom is -0.493 e. The third-order valence-electron chi connectivity index (χ3n) is 5.08. The molecule has 1 fully saturated rings. The van der Waals surface area contributed by atoms with Gasteiger partial charge in [0.05, 0.1) is 19.9 Å². The molecule has 2 aromatic rings. The number of carbonyl (C=O) groups is 2. The minimum atomic E-state index is -0.948. The van der Waals surface area contributed by atoms with Gasteiger partial charge in [0, 0.05) is 5.56 Å². The number of imide groups is 1. The summed E-state index contributed by atoms with van der Waals surface area (Å²) in [5.41, 5.74) is 3.55. The topological polar surface area (TPSA) is 77.4 Å². The number of rotatable bonds is 4. The van der Waals surface area contributed by atoms with Crippen LogP contribution in [-0.4, -0.2) is 37.8 Å². The summed E-state index contributed by atoms with van der Waals surface area (Å²) in [6.45, 7) is 3.84. The average Bonchev–Trinajstić information content (AvgIpc) is 3.22. The number of methoxy groups -OCH3 is 2. The summed E-state index contributed by atoms with van der Waals surface area (Å²) in [5, 5.41) is 4.04. The Kier molecular flexibility index (Phi) is 4.30. The minimum absolute atomic E-state index is 0.340. The fraction of sp³-hybridized carbons (Fsp3) is 0.286. The molecule has 0 radical (unpaired) electrons. The van der Waals surface area contributed by atoms with Crippen LogP contribution in [0.1, 0.15) is 16.7 Å². The van der Waals surface area contributed by atoms with E-state index in [1.807, 2.05) is 26.0 Å². The number of fused-ring (bicyclic) bond motifs is 1. The smallest absolute Gasteiger partial charge is 0.278 e. The van der Waals surface area contributed by atoms with Crippen molar-refractivity contribution in [2.45, 2.75) is 20.0 Å². The average molecular weight is 380 g/mol. The lowest BCUT2D eigenvalue weighted by atomic mass is 9.94. The van der Waals surface area contributed by atoms with Crippen LogP contribution in [0.2, 0.25) is 0 Å². The van der Waals surface area contributed by atoms with Gasteiger partial charge in [-0.3, -0.25) is 9.59 Å². The molecule has 2 aliphatic heterocycles. The van der Waals surface area contributed by atoms with Gasteiger partial charge in [0.25, 0.3) is 5.91 Å². The fourth-order valence-electron chi connectivity index (χ4n) is 3.71. The van der Waals surface area contributed by atoms with Crippen molar-refractivity contribution in [1.29, 1.82) is 0 Å². The molecule has 2 aromatic carbocycles. The molecule has 0 bridgehead atoms. The molecular formula is C21H20N2O5. The normalized spacial score (nSPS) is 20.7. The van der Waals surface area contributed by atoms with Gasteiger partial charge in [-0.05, 0) is 43.7 Å². The molecule has 0 N–H and O–H groups in total. The Bertz CT molecular complexity index is 1010. The Balaban J connectivity index is 1.71. The molecule has 2 heterocycles. The molecule has 2 aliphatic rings. The molecule has 7 nitrogen and oxygen atoms in total. The van der Waals surface area contributed by atoms with E-state index in [9.17, 15) is 9.59 Å². The van der Waals surface area contributed by atoms with Crippen molar-refractivity contribution in [2.24, 2.45) is 11.1 Å². The van der Waals surface area contributed by atoms with Crippen LogP contribution in [0.5, 0.6) is 11.5 Å². The number of amides is 2. The molecule has 7 heteroatoms. The zero-order valence-corrected chi connectivity index (χ0v) is 16.1. The SMILES string of the molecule is COc1ccc(C2=NO[C@H]3C(=O)N(c4ccc(C)cc4C)C(=O)[C@H]23)cc1OC. The zero-order valence-electron chi connectivity index (χ0n) is 16.1. The molecule has 2 atom stereocenters. The molecule has 2 amide bonds. The molecule has 0 aliphatic carbocycles. The zero-order chi connectivity index (χ0) is 20.0. The summed E-state index contributed by atoms with van der Waals surface area (Å²) >= 11 is 0. The third-order valence-corrected chi connectivity index (χ3v) is 5.08. The highest BCUT2D eigenvalue weighted by atomic mass is 16.7.